The van der Waals surface area contributed by atoms with Crippen molar-refractivity contribution in [3.8, 4) is 0 Å². The first-order valence-electron chi connectivity index (χ1n) is 9.44. The Morgan fingerprint density at radius 1 is 0.957 bits per heavy atom. The highest BCUT2D eigenvalue weighted by Crippen LogP contribution is 2.15. The molecule has 0 aromatic rings. The monoisotopic (exact) mass is 329 g/mol. The van der Waals surface area contributed by atoms with Crippen molar-refractivity contribution < 1.29 is 14.9 Å². The van der Waals surface area contributed by atoms with E-state index in [-0.39, 0.29) is 6.61 Å². The number of hydrogen-bond acceptors (Lipinski definition) is 4. The molecular weight excluding hydrogens is 290 g/mol. The fraction of sp³-hybridized carbons (Fsp3) is 0.895. The van der Waals surface area contributed by atoms with Crippen molar-refractivity contribution >= 4 is 0 Å². The number of allylic oxidation sites excluding steroid dienone is 1. The van der Waals surface area contributed by atoms with Gasteiger partial charge in [-0.25, -0.2) is 0 Å². The van der Waals surface area contributed by atoms with Crippen LogP contribution in [0.25, 0.3) is 0 Å². The normalized spacial score (nSPS) is 14.7. The number of aliphatic hydroxyl groups is 2. The van der Waals surface area contributed by atoms with Gasteiger partial charge in [-0.3, -0.25) is 0 Å². The Morgan fingerprint density at radius 2 is 1.43 bits per heavy atom. The van der Waals surface area contributed by atoms with Crippen LogP contribution in [0.3, 0.4) is 0 Å². The van der Waals surface area contributed by atoms with Gasteiger partial charge in [0.1, 0.15) is 0 Å². The molecule has 138 valence electrons. The van der Waals surface area contributed by atoms with Gasteiger partial charge < -0.3 is 20.7 Å². The SMILES string of the molecule is CCCCCCCCCCCCC/C(=C/[C@@H](O)[C@@H](N)CO)OC. The van der Waals surface area contributed by atoms with E-state index in [1.807, 2.05) is 0 Å². The molecule has 0 aromatic carbocycles. The molecular formula is C19H39NO3. The second-order valence-corrected chi connectivity index (χ2v) is 6.46. The highest BCUT2D eigenvalue weighted by Gasteiger charge is 2.12. The lowest BCUT2D eigenvalue weighted by atomic mass is 10.0. The Bertz CT molecular complexity index is 282. The van der Waals surface area contributed by atoms with E-state index in [0.717, 1.165) is 18.6 Å². The molecule has 2 atom stereocenters. The van der Waals surface area contributed by atoms with Gasteiger partial charge in [-0.15, -0.1) is 0 Å². The van der Waals surface area contributed by atoms with E-state index in [9.17, 15) is 5.11 Å². The number of methoxy groups -OCH3 is 1. The number of ether oxygens (including phenoxy) is 1. The van der Waals surface area contributed by atoms with E-state index in [2.05, 4.69) is 6.92 Å². The molecule has 0 aromatic heterocycles. The zero-order valence-corrected chi connectivity index (χ0v) is 15.3. The van der Waals surface area contributed by atoms with Gasteiger partial charge in [0.15, 0.2) is 0 Å². The lowest BCUT2D eigenvalue weighted by Crippen LogP contribution is -2.36. The molecule has 4 heteroatoms. The number of rotatable bonds is 16. The summed E-state index contributed by atoms with van der Waals surface area (Å²) in [6.45, 7) is 2.03. The predicted octanol–water partition coefficient (Wildman–Crippen LogP) is 3.90. The maximum atomic E-state index is 9.75. The summed E-state index contributed by atoms with van der Waals surface area (Å²) in [5.41, 5.74) is 5.58. The third-order valence-corrected chi connectivity index (χ3v) is 4.30. The molecule has 0 amide bonds. The van der Waals surface area contributed by atoms with Crippen LogP contribution in [-0.2, 0) is 4.74 Å². The summed E-state index contributed by atoms with van der Waals surface area (Å²) in [5, 5.41) is 18.7. The van der Waals surface area contributed by atoms with Crippen LogP contribution >= 0.6 is 0 Å². The zero-order chi connectivity index (χ0) is 17.3. The standard InChI is InChI=1S/C19H39NO3/c1-3-4-5-6-7-8-9-10-11-12-13-14-17(23-2)15-19(22)18(20)16-21/h15,18-19,21-22H,3-14,16,20H2,1-2H3/b17-15-/t18-,19+/m0/s1. The minimum absolute atomic E-state index is 0.229. The molecule has 4 nitrogen and oxygen atoms in total. The van der Waals surface area contributed by atoms with Crippen LogP contribution in [0.1, 0.15) is 84.0 Å². The minimum Gasteiger partial charge on any atom is -0.501 e. The van der Waals surface area contributed by atoms with Gasteiger partial charge in [0.25, 0.3) is 0 Å². The van der Waals surface area contributed by atoms with Crippen molar-refractivity contribution in [1.82, 2.24) is 0 Å². The predicted molar refractivity (Wildman–Crippen MR) is 97.2 cm³/mol. The molecule has 0 aliphatic heterocycles. The third kappa shape index (κ3) is 13.5. The van der Waals surface area contributed by atoms with Crippen molar-refractivity contribution in [1.29, 1.82) is 0 Å². The average Bonchev–Trinajstić information content (AvgIpc) is 2.57. The van der Waals surface area contributed by atoms with Crippen molar-refractivity contribution in [2.75, 3.05) is 13.7 Å². The van der Waals surface area contributed by atoms with Gasteiger partial charge in [0, 0.05) is 6.42 Å². The summed E-state index contributed by atoms with van der Waals surface area (Å²) < 4.78 is 5.27. The summed E-state index contributed by atoms with van der Waals surface area (Å²) in [5.74, 6) is 0.761. The average molecular weight is 330 g/mol. The molecule has 4 N–H and O–H groups in total. The second-order valence-electron chi connectivity index (χ2n) is 6.46. The van der Waals surface area contributed by atoms with Crippen molar-refractivity contribution in [2.24, 2.45) is 5.73 Å². The highest BCUT2D eigenvalue weighted by molar-refractivity contribution is 5.00. The van der Waals surface area contributed by atoms with E-state index in [1.54, 1.807) is 13.2 Å². The molecule has 0 fully saturated rings. The van der Waals surface area contributed by atoms with Crippen molar-refractivity contribution in [3.05, 3.63) is 11.8 Å². The fourth-order valence-electron chi connectivity index (χ4n) is 2.64. The van der Waals surface area contributed by atoms with E-state index in [0.29, 0.717) is 0 Å². The first kappa shape index (κ1) is 22.4. The van der Waals surface area contributed by atoms with Gasteiger partial charge >= 0.3 is 0 Å². The largest absolute Gasteiger partial charge is 0.501 e. The molecule has 0 radical (unpaired) electrons. The number of hydrogen-bond donors (Lipinski definition) is 3. The quantitative estimate of drug-likeness (QED) is 0.296. The molecule has 0 unspecified atom stereocenters. The van der Waals surface area contributed by atoms with Crippen LogP contribution < -0.4 is 5.73 Å². The molecule has 0 aliphatic carbocycles. The molecule has 23 heavy (non-hydrogen) atoms. The van der Waals surface area contributed by atoms with Gasteiger partial charge in [-0.1, -0.05) is 71.1 Å². The Balaban J connectivity index is 3.56. The molecule has 0 heterocycles. The van der Waals surface area contributed by atoms with Gasteiger partial charge in [0.05, 0.1) is 31.6 Å². The smallest absolute Gasteiger partial charge is 0.0941 e. The van der Waals surface area contributed by atoms with Crippen LogP contribution in [0, 0.1) is 0 Å². The van der Waals surface area contributed by atoms with E-state index >= 15 is 0 Å². The maximum absolute atomic E-state index is 9.75. The molecule has 0 aliphatic rings. The van der Waals surface area contributed by atoms with Crippen LogP contribution in [0.15, 0.2) is 11.8 Å². The van der Waals surface area contributed by atoms with E-state index in [4.69, 9.17) is 15.6 Å². The van der Waals surface area contributed by atoms with Crippen LogP contribution in [-0.4, -0.2) is 36.1 Å². The van der Waals surface area contributed by atoms with Crippen molar-refractivity contribution in [3.63, 3.8) is 0 Å². The molecule has 0 saturated carbocycles. The van der Waals surface area contributed by atoms with Gasteiger partial charge in [-0.2, -0.15) is 0 Å². The first-order valence-corrected chi connectivity index (χ1v) is 9.44. The van der Waals surface area contributed by atoms with E-state index in [1.165, 1.54) is 64.2 Å². The summed E-state index contributed by atoms with van der Waals surface area (Å²) in [6, 6.07) is -0.641. The molecule has 0 spiro atoms. The van der Waals surface area contributed by atoms with E-state index < -0.39 is 12.1 Å². The lowest BCUT2D eigenvalue weighted by Gasteiger charge is -2.14. The summed E-state index contributed by atoms with van der Waals surface area (Å²) >= 11 is 0. The second kappa shape index (κ2) is 16.3. The third-order valence-electron chi connectivity index (χ3n) is 4.30. The number of nitrogens with two attached hydrogens (primary N) is 1. The number of aliphatic hydroxyl groups excluding tert-OH is 2. The summed E-state index contributed by atoms with van der Waals surface area (Å²) in [4.78, 5) is 0. The number of unbranched alkanes of at least 4 members (excludes halogenated alkanes) is 10. The molecule has 0 rings (SSSR count). The zero-order valence-electron chi connectivity index (χ0n) is 15.3. The molecule has 0 saturated heterocycles. The highest BCUT2D eigenvalue weighted by atomic mass is 16.5. The van der Waals surface area contributed by atoms with Crippen molar-refractivity contribution in [2.45, 2.75) is 96.1 Å². The first-order chi connectivity index (χ1) is 11.2. The maximum Gasteiger partial charge on any atom is 0.0941 e. The Kier molecular flexibility index (Phi) is 15.9. The Morgan fingerprint density at radius 3 is 1.87 bits per heavy atom. The molecule has 0 bridgehead atoms. The Hall–Kier alpha value is -0.580. The van der Waals surface area contributed by atoms with Crippen LogP contribution in [0.2, 0.25) is 0 Å². The van der Waals surface area contributed by atoms with Gasteiger partial charge in [-0.05, 0) is 12.5 Å². The minimum atomic E-state index is -0.845. The fourth-order valence-corrected chi connectivity index (χ4v) is 2.64. The van der Waals surface area contributed by atoms with Crippen LogP contribution in [0.4, 0.5) is 0 Å². The lowest BCUT2D eigenvalue weighted by molar-refractivity contribution is 0.138. The Labute approximate surface area is 143 Å². The van der Waals surface area contributed by atoms with Crippen LogP contribution in [0.5, 0.6) is 0 Å². The summed E-state index contributed by atoms with van der Waals surface area (Å²) in [6.07, 6.45) is 16.1. The summed E-state index contributed by atoms with van der Waals surface area (Å²) in [7, 11) is 1.61. The topological polar surface area (TPSA) is 75.7 Å². The van der Waals surface area contributed by atoms with Gasteiger partial charge in [0.2, 0.25) is 0 Å².